The van der Waals surface area contributed by atoms with Gasteiger partial charge in [0.05, 0.1) is 27.8 Å². The molecule has 1 heterocycles. The molecule has 0 aromatic rings. The van der Waals surface area contributed by atoms with Crippen LogP contribution in [0.25, 0.3) is 0 Å². The summed E-state index contributed by atoms with van der Waals surface area (Å²) >= 11 is 1.05. The summed E-state index contributed by atoms with van der Waals surface area (Å²) in [5.41, 5.74) is 6.37. The minimum absolute atomic E-state index is 0.220. The molecule has 1 aliphatic heterocycles. The zero-order chi connectivity index (χ0) is 16.0. The first-order chi connectivity index (χ1) is 9.90. The van der Waals surface area contributed by atoms with E-state index in [0.29, 0.717) is 22.4 Å². The molecule has 0 unspecified atom stereocenters. The smallest absolute Gasteiger partial charge is 0.102 e. The first-order valence-electron chi connectivity index (χ1n) is 7.46. The Morgan fingerprint density at radius 1 is 1.29 bits per heavy atom. The first-order valence-corrected chi connectivity index (χ1v) is 8.28. The average Bonchev–Trinajstić information content (AvgIpc) is 2.38. The lowest BCUT2D eigenvalue weighted by atomic mass is 9.79. The predicted octanol–water partition coefficient (Wildman–Crippen LogP) is 4.01. The Morgan fingerprint density at radius 3 is 2.48 bits per heavy atom. The molecule has 5 heteroatoms. The standard InChI is InChI=1S/C16H24N4S/c1-10(2)5-4-6-11(3)7-12-13(8-17)15(19)21-16(20)14(12)9-18/h10-13,19H,4-7,20H2,1-3H3/t11-,12-,13+/m1/s1. The van der Waals surface area contributed by atoms with Gasteiger partial charge < -0.3 is 5.73 Å². The monoisotopic (exact) mass is 304 g/mol. The van der Waals surface area contributed by atoms with Crippen LogP contribution in [-0.4, -0.2) is 5.04 Å². The van der Waals surface area contributed by atoms with Gasteiger partial charge in [0.1, 0.15) is 5.92 Å². The Bertz CT molecular complexity index is 495. The topological polar surface area (TPSA) is 97.4 Å². The number of nitrogens with zero attached hydrogens (tertiary/aromatic N) is 2. The molecule has 0 radical (unpaired) electrons. The van der Waals surface area contributed by atoms with Crippen LogP contribution in [0.1, 0.15) is 46.5 Å². The van der Waals surface area contributed by atoms with Crippen LogP contribution in [0.2, 0.25) is 0 Å². The molecule has 3 N–H and O–H groups in total. The molecule has 0 bridgehead atoms. The van der Waals surface area contributed by atoms with E-state index in [0.717, 1.165) is 31.0 Å². The zero-order valence-corrected chi connectivity index (χ0v) is 13.8. The summed E-state index contributed by atoms with van der Waals surface area (Å²) in [6.45, 7) is 6.59. The Morgan fingerprint density at radius 2 is 1.95 bits per heavy atom. The predicted molar refractivity (Wildman–Crippen MR) is 87.2 cm³/mol. The lowest BCUT2D eigenvalue weighted by Gasteiger charge is -2.29. The molecule has 0 aromatic carbocycles. The van der Waals surface area contributed by atoms with Gasteiger partial charge >= 0.3 is 0 Å². The van der Waals surface area contributed by atoms with Gasteiger partial charge in [0, 0.05) is 5.92 Å². The van der Waals surface area contributed by atoms with Gasteiger partial charge in [-0.05, 0) is 18.3 Å². The van der Waals surface area contributed by atoms with Gasteiger partial charge in [0.25, 0.3) is 0 Å². The van der Waals surface area contributed by atoms with Gasteiger partial charge in [-0.25, -0.2) is 0 Å². The van der Waals surface area contributed by atoms with Crippen molar-refractivity contribution < 1.29 is 0 Å². The third-order valence-electron chi connectivity index (χ3n) is 3.94. The molecule has 0 saturated carbocycles. The summed E-state index contributed by atoms with van der Waals surface area (Å²) in [5.74, 6) is 0.387. The van der Waals surface area contributed by atoms with Crippen molar-refractivity contribution in [3.63, 3.8) is 0 Å². The van der Waals surface area contributed by atoms with Crippen molar-refractivity contribution in [2.45, 2.75) is 46.5 Å². The first kappa shape index (κ1) is 17.6. The molecular weight excluding hydrogens is 280 g/mol. The van der Waals surface area contributed by atoms with Gasteiger partial charge in [-0.15, -0.1) is 0 Å². The average molecular weight is 304 g/mol. The van der Waals surface area contributed by atoms with Crippen molar-refractivity contribution in [3.8, 4) is 12.1 Å². The highest BCUT2D eigenvalue weighted by Crippen LogP contribution is 2.40. The Kier molecular flexibility index (Phi) is 6.78. The van der Waals surface area contributed by atoms with Crippen molar-refractivity contribution in [2.75, 3.05) is 0 Å². The van der Waals surface area contributed by atoms with E-state index < -0.39 is 5.92 Å². The third-order valence-corrected chi connectivity index (χ3v) is 4.85. The van der Waals surface area contributed by atoms with Crippen LogP contribution in [0, 0.1) is 51.7 Å². The highest BCUT2D eigenvalue weighted by molar-refractivity contribution is 8.17. The quantitative estimate of drug-likeness (QED) is 0.774. The SMILES string of the molecule is CC(C)CCC[C@@H](C)C[C@H]1C(C#N)=C(N)SC(=N)[C@H]1C#N. The van der Waals surface area contributed by atoms with Crippen molar-refractivity contribution in [1.29, 1.82) is 15.9 Å². The van der Waals surface area contributed by atoms with E-state index in [2.05, 4.69) is 32.9 Å². The highest BCUT2D eigenvalue weighted by Gasteiger charge is 2.36. The summed E-state index contributed by atoms with van der Waals surface area (Å²) < 4.78 is 0. The second-order valence-corrected chi connectivity index (χ2v) is 7.32. The molecule has 0 amide bonds. The highest BCUT2D eigenvalue weighted by atomic mass is 32.2. The van der Waals surface area contributed by atoms with Crippen molar-refractivity contribution >= 4 is 16.8 Å². The molecule has 0 aliphatic carbocycles. The van der Waals surface area contributed by atoms with E-state index in [1.165, 1.54) is 6.42 Å². The molecule has 1 rings (SSSR count). The summed E-state index contributed by atoms with van der Waals surface area (Å²) in [7, 11) is 0. The Hall–Kier alpha value is -1.46. The lowest BCUT2D eigenvalue weighted by Crippen LogP contribution is -2.29. The van der Waals surface area contributed by atoms with Crippen LogP contribution < -0.4 is 5.73 Å². The van der Waals surface area contributed by atoms with E-state index >= 15 is 0 Å². The van der Waals surface area contributed by atoms with E-state index in [9.17, 15) is 10.5 Å². The molecule has 0 fully saturated rings. The maximum absolute atomic E-state index is 9.32. The van der Waals surface area contributed by atoms with Crippen molar-refractivity contribution in [1.82, 2.24) is 0 Å². The summed E-state index contributed by atoms with van der Waals surface area (Å²) in [6, 6.07) is 4.34. The fourth-order valence-corrected chi connectivity index (χ4v) is 3.62. The van der Waals surface area contributed by atoms with Crippen molar-refractivity contribution in [2.24, 2.45) is 29.4 Å². The Balaban J connectivity index is 2.77. The van der Waals surface area contributed by atoms with Crippen LogP contribution in [0.3, 0.4) is 0 Å². The van der Waals surface area contributed by atoms with E-state index in [1.54, 1.807) is 0 Å². The number of thioether (sulfide) groups is 1. The van der Waals surface area contributed by atoms with Gasteiger partial charge in [-0.3, -0.25) is 5.41 Å². The van der Waals surface area contributed by atoms with Gasteiger partial charge in [0.15, 0.2) is 0 Å². The van der Waals surface area contributed by atoms with Gasteiger partial charge in [0.2, 0.25) is 0 Å². The van der Waals surface area contributed by atoms with E-state index in [4.69, 9.17) is 11.1 Å². The van der Waals surface area contributed by atoms with E-state index in [1.807, 2.05) is 0 Å². The second-order valence-electron chi connectivity index (χ2n) is 6.23. The molecule has 0 aromatic heterocycles. The Labute approximate surface area is 131 Å². The lowest BCUT2D eigenvalue weighted by molar-refractivity contribution is 0.372. The van der Waals surface area contributed by atoms with Crippen molar-refractivity contribution in [3.05, 3.63) is 10.6 Å². The third kappa shape index (κ3) is 4.79. The summed E-state index contributed by atoms with van der Waals surface area (Å²) in [6.07, 6.45) is 4.20. The number of nitrogens with two attached hydrogens (primary N) is 1. The largest absolute Gasteiger partial charge is 0.392 e. The van der Waals surface area contributed by atoms with Crippen LogP contribution in [0.5, 0.6) is 0 Å². The van der Waals surface area contributed by atoms with Crippen LogP contribution >= 0.6 is 11.8 Å². The molecule has 21 heavy (non-hydrogen) atoms. The van der Waals surface area contributed by atoms with Gasteiger partial charge in [-0.2, -0.15) is 10.5 Å². The number of hydrogen-bond acceptors (Lipinski definition) is 5. The number of rotatable bonds is 6. The normalized spacial score (nSPS) is 23.8. The van der Waals surface area contributed by atoms with Crippen LogP contribution in [0.4, 0.5) is 0 Å². The molecule has 0 saturated heterocycles. The molecule has 114 valence electrons. The minimum atomic E-state index is -0.524. The minimum Gasteiger partial charge on any atom is -0.392 e. The zero-order valence-electron chi connectivity index (χ0n) is 13.0. The number of nitriles is 2. The second kappa shape index (κ2) is 8.10. The van der Waals surface area contributed by atoms with Crippen LogP contribution in [0.15, 0.2) is 10.6 Å². The molecule has 0 spiro atoms. The summed E-state index contributed by atoms with van der Waals surface area (Å²) in [4.78, 5) is 0. The van der Waals surface area contributed by atoms with Gasteiger partial charge in [-0.1, -0.05) is 51.8 Å². The molecule has 1 aliphatic rings. The molecule has 4 nitrogen and oxygen atoms in total. The fraction of sp³-hybridized carbons (Fsp3) is 0.688. The molecular formula is C16H24N4S. The van der Waals surface area contributed by atoms with Crippen LogP contribution in [-0.2, 0) is 0 Å². The fourth-order valence-electron chi connectivity index (χ4n) is 2.74. The molecule has 3 atom stereocenters. The van der Waals surface area contributed by atoms with E-state index in [-0.39, 0.29) is 11.0 Å². The summed E-state index contributed by atoms with van der Waals surface area (Å²) in [5, 5.41) is 27.2. The maximum atomic E-state index is 9.32. The maximum Gasteiger partial charge on any atom is 0.102 e. The number of allylic oxidation sites excluding steroid dienone is 1. The number of nitrogens with one attached hydrogen (secondary N) is 1. The number of hydrogen-bond donors (Lipinski definition) is 2.